The lowest BCUT2D eigenvalue weighted by atomic mass is 9.80. The predicted octanol–water partition coefficient (Wildman–Crippen LogP) is 22.6. The van der Waals surface area contributed by atoms with E-state index in [1.54, 1.807) is 6.07 Å². The Bertz CT molecular complexity index is 6190. The van der Waals surface area contributed by atoms with Crippen molar-refractivity contribution >= 4 is 176 Å². The molecule has 0 atom stereocenters. The van der Waals surface area contributed by atoms with Crippen LogP contribution in [0.25, 0.3) is 171 Å². The summed E-state index contributed by atoms with van der Waals surface area (Å²) in [4.78, 5) is 0. The van der Waals surface area contributed by atoms with Gasteiger partial charge in [0.15, 0.2) is 0 Å². The van der Waals surface area contributed by atoms with Gasteiger partial charge in [0.2, 0.25) is 0 Å². The average molecular weight is 1350 g/mol. The third-order valence-corrected chi connectivity index (χ3v) is 20.5. The third-order valence-electron chi connectivity index (χ3n) is 18.6. The minimum atomic E-state index is -1.49. The molecule has 450 valence electrons. The summed E-state index contributed by atoms with van der Waals surface area (Å²) in [7, 11) is -1.49. The molecule has 6 heterocycles. The smallest absolute Gasteiger partial charge is 0.456 e. The van der Waals surface area contributed by atoms with E-state index in [1.165, 1.54) is 65.9 Å². The Kier molecular flexibility index (Phi) is 13.6. The minimum Gasteiger partial charge on any atom is -0.456 e. The highest BCUT2D eigenvalue weighted by Gasteiger charge is 2.21. The number of fused-ring (bicyclic) bond motifs is 18. The highest BCUT2D eigenvalue weighted by Crippen LogP contribution is 2.43. The molecule has 0 radical (unpaired) electrons. The number of rotatable bonds is 6. The van der Waals surface area contributed by atoms with Crippen molar-refractivity contribution in [1.82, 2.24) is 13.7 Å². The lowest BCUT2D eigenvalue weighted by molar-refractivity contribution is 0.426. The standard InChI is InChI=1S/C54H32N2O2.C24H16BNO3.C6H4Br2/c1-2-12-38(34-22-26-50-44(30-34)40-14-4-8-18-48(40)56(50)36-24-28-54-46(32-36)42-16-6-10-20-52(42)58-54)37(11-1)33-21-25-49-43(29-33)39-13-3-7-17-47(39)55(49)35-23-27-53-45(31-35)41-15-5-9-19-51(41)57-53;27-25(28)15-9-11-22-19(13-15)17-5-1-3-7-21(17)26(22)16-10-12-24-20(14-16)18-6-2-4-8-23(18)29-24;7-5-3-1-2-4-6(5)8/h1-32H;1-14,27-28H;1-4H. The van der Waals surface area contributed by atoms with Crippen LogP contribution in [0.4, 0.5) is 0 Å². The molecule has 95 heavy (non-hydrogen) atoms. The van der Waals surface area contributed by atoms with Gasteiger partial charge >= 0.3 is 7.12 Å². The summed E-state index contributed by atoms with van der Waals surface area (Å²) in [5, 5.41) is 32.9. The molecule has 0 fully saturated rings. The van der Waals surface area contributed by atoms with Gasteiger partial charge in [-0.2, -0.15) is 0 Å². The quantitative estimate of drug-likeness (QED) is 0.162. The van der Waals surface area contributed by atoms with Crippen LogP contribution in [-0.4, -0.2) is 30.9 Å². The largest absolute Gasteiger partial charge is 0.488 e. The Morgan fingerprint density at radius 2 is 0.537 bits per heavy atom. The van der Waals surface area contributed by atoms with Crippen LogP contribution in [0.3, 0.4) is 0 Å². The number of hydrogen-bond acceptors (Lipinski definition) is 5. The maximum Gasteiger partial charge on any atom is 0.488 e. The van der Waals surface area contributed by atoms with Gasteiger partial charge in [0.25, 0.3) is 0 Å². The van der Waals surface area contributed by atoms with Crippen molar-refractivity contribution < 1.29 is 23.3 Å². The second-order valence-electron chi connectivity index (χ2n) is 24.0. The predicted molar refractivity (Wildman–Crippen MR) is 400 cm³/mol. The van der Waals surface area contributed by atoms with Crippen LogP contribution in [0.5, 0.6) is 0 Å². The van der Waals surface area contributed by atoms with Crippen molar-refractivity contribution in [2.24, 2.45) is 0 Å². The molecule has 2 N–H and O–H groups in total. The Balaban J connectivity index is 0.000000147. The van der Waals surface area contributed by atoms with Gasteiger partial charge in [0.05, 0.1) is 33.1 Å². The number of halogens is 2. The summed E-state index contributed by atoms with van der Waals surface area (Å²) < 4.78 is 27.5. The fourth-order valence-corrected chi connectivity index (χ4v) is 14.8. The first-order chi connectivity index (χ1) is 46.8. The molecule has 20 aromatic rings. The number of furan rings is 3. The van der Waals surface area contributed by atoms with Gasteiger partial charge in [-0.25, -0.2) is 0 Å². The molecule has 0 amide bonds. The van der Waals surface area contributed by atoms with E-state index in [-0.39, 0.29) is 0 Å². The zero-order valence-electron chi connectivity index (χ0n) is 50.7. The maximum atomic E-state index is 9.61. The summed E-state index contributed by atoms with van der Waals surface area (Å²) in [6, 6.07) is 106. The van der Waals surface area contributed by atoms with Gasteiger partial charge in [0.1, 0.15) is 33.5 Å². The lowest BCUT2D eigenvalue weighted by Crippen LogP contribution is -2.29. The molecule has 0 saturated heterocycles. The molecule has 14 aromatic carbocycles. The van der Waals surface area contributed by atoms with Crippen molar-refractivity contribution in [2.45, 2.75) is 0 Å². The van der Waals surface area contributed by atoms with Crippen LogP contribution in [-0.2, 0) is 0 Å². The summed E-state index contributed by atoms with van der Waals surface area (Å²) >= 11 is 6.70. The highest BCUT2D eigenvalue weighted by atomic mass is 79.9. The van der Waals surface area contributed by atoms with Crippen molar-refractivity contribution in [3.8, 4) is 39.3 Å². The van der Waals surface area contributed by atoms with Gasteiger partial charge in [0, 0.05) is 90.6 Å². The van der Waals surface area contributed by atoms with E-state index in [4.69, 9.17) is 13.3 Å². The second kappa shape index (κ2) is 22.8. The zero-order chi connectivity index (χ0) is 63.4. The SMILES string of the molecule is Brc1ccccc1Br.OB(O)c1ccc2c(c1)c1ccccc1n2-c1ccc2oc3ccccc3c2c1.c1ccc(-c2ccc3c(c2)c2ccccc2n3-c2ccc3oc4ccccc4c3c2)c(-c2ccc3c(c2)c2ccccc2n3-c2ccc3oc4ccccc4c3c2)c1. The van der Waals surface area contributed by atoms with E-state index in [9.17, 15) is 10.0 Å². The first-order valence-corrected chi connectivity index (χ1v) is 33.1. The van der Waals surface area contributed by atoms with Gasteiger partial charge in [-0.1, -0.05) is 170 Å². The fourth-order valence-electron chi connectivity index (χ4n) is 14.3. The van der Waals surface area contributed by atoms with Gasteiger partial charge < -0.3 is 37.0 Å². The maximum absolute atomic E-state index is 9.61. The molecule has 0 saturated carbocycles. The first-order valence-electron chi connectivity index (χ1n) is 31.5. The molecular formula is C84H52BBr2N3O5. The number of aromatic nitrogens is 3. The van der Waals surface area contributed by atoms with Crippen molar-refractivity contribution in [1.29, 1.82) is 0 Å². The van der Waals surface area contributed by atoms with Gasteiger partial charge in [-0.3, -0.25) is 0 Å². The van der Waals surface area contributed by atoms with E-state index in [1.807, 2.05) is 97.1 Å². The number of nitrogens with zero attached hydrogens (tertiary/aromatic N) is 3. The Morgan fingerprint density at radius 3 is 0.905 bits per heavy atom. The summed E-state index contributed by atoms with van der Waals surface area (Å²) in [6.07, 6.45) is 0. The third kappa shape index (κ3) is 9.49. The average Bonchev–Trinajstić information content (AvgIpc) is 1.65. The molecule has 0 spiro atoms. The first kappa shape index (κ1) is 56.6. The molecule has 0 aliphatic heterocycles. The van der Waals surface area contributed by atoms with Gasteiger partial charge in [-0.05, 0) is 193 Å². The molecule has 0 aliphatic rings. The van der Waals surface area contributed by atoms with Crippen LogP contribution in [0.1, 0.15) is 0 Å². The van der Waals surface area contributed by atoms with E-state index in [0.29, 0.717) is 5.46 Å². The zero-order valence-corrected chi connectivity index (χ0v) is 53.8. The lowest BCUT2D eigenvalue weighted by Gasteiger charge is -2.12. The molecular weight excluding hydrogens is 1300 g/mol. The van der Waals surface area contributed by atoms with E-state index >= 15 is 0 Å². The summed E-state index contributed by atoms with van der Waals surface area (Å²) in [5.74, 6) is 0. The summed E-state index contributed by atoms with van der Waals surface area (Å²) in [6.45, 7) is 0. The van der Waals surface area contributed by atoms with Crippen molar-refractivity contribution in [2.75, 3.05) is 0 Å². The van der Waals surface area contributed by atoms with Crippen LogP contribution < -0.4 is 5.46 Å². The van der Waals surface area contributed by atoms with Crippen LogP contribution in [0, 0.1) is 0 Å². The number of benzene rings is 14. The number of para-hydroxylation sites is 6. The molecule has 11 heteroatoms. The topological polar surface area (TPSA) is 94.7 Å². The summed E-state index contributed by atoms with van der Waals surface area (Å²) in [5.41, 5.74) is 20.7. The monoisotopic (exact) mass is 1350 g/mol. The molecule has 0 aliphatic carbocycles. The molecule has 0 unspecified atom stereocenters. The highest BCUT2D eigenvalue weighted by molar-refractivity contribution is 9.13. The fraction of sp³-hybridized carbons (Fsp3) is 0. The molecule has 20 rings (SSSR count). The Labute approximate surface area is 560 Å². The van der Waals surface area contributed by atoms with Crippen LogP contribution >= 0.6 is 31.9 Å². The van der Waals surface area contributed by atoms with E-state index < -0.39 is 7.12 Å². The normalized spacial score (nSPS) is 11.8. The van der Waals surface area contributed by atoms with Crippen LogP contribution in [0.15, 0.2) is 326 Å². The van der Waals surface area contributed by atoms with Gasteiger partial charge in [-0.15, -0.1) is 0 Å². The minimum absolute atomic E-state index is 0.483. The Morgan fingerprint density at radius 1 is 0.242 bits per heavy atom. The van der Waals surface area contributed by atoms with Crippen molar-refractivity contribution in [3.05, 3.63) is 312 Å². The van der Waals surface area contributed by atoms with Crippen LogP contribution in [0.2, 0.25) is 0 Å². The van der Waals surface area contributed by atoms with E-state index in [0.717, 1.165) is 114 Å². The Hall–Kier alpha value is -11.2. The van der Waals surface area contributed by atoms with Crippen molar-refractivity contribution in [3.63, 3.8) is 0 Å². The second-order valence-corrected chi connectivity index (χ2v) is 25.7. The molecule has 6 aromatic heterocycles. The number of hydrogen-bond donors (Lipinski definition) is 2. The van der Waals surface area contributed by atoms with E-state index in [2.05, 4.69) is 246 Å². The molecule has 0 bridgehead atoms. The molecule has 8 nitrogen and oxygen atoms in total.